The Kier molecular flexibility index (Phi) is 3.07. The molecule has 0 aliphatic rings. The summed E-state index contributed by atoms with van der Waals surface area (Å²) in [7, 11) is 0. The highest BCUT2D eigenvalue weighted by Crippen LogP contribution is 2.13. The summed E-state index contributed by atoms with van der Waals surface area (Å²) < 4.78 is 1.02. The van der Waals surface area contributed by atoms with Gasteiger partial charge in [-0.15, -0.1) is 0 Å². The zero-order valence-corrected chi connectivity index (χ0v) is 8.37. The third kappa shape index (κ3) is 1.96. The molecular formula is C9H5IN2. The average molecular weight is 268 g/mol. The Balaban J connectivity index is 3.15. The summed E-state index contributed by atoms with van der Waals surface area (Å²) in [5.41, 5.74) is 1.41. The zero-order valence-electron chi connectivity index (χ0n) is 6.21. The van der Waals surface area contributed by atoms with Crippen molar-refractivity contribution in [3.05, 3.63) is 32.9 Å². The molecule has 1 aromatic carbocycles. The van der Waals surface area contributed by atoms with Crippen molar-refractivity contribution in [3.8, 4) is 12.1 Å². The second-order valence-electron chi connectivity index (χ2n) is 2.25. The topological polar surface area (TPSA) is 47.6 Å². The maximum absolute atomic E-state index is 8.71. The Morgan fingerprint density at radius 1 is 1.33 bits per heavy atom. The molecular weight excluding hydrogens is 263 g/mol. The van der Waals surface area contributed by atoms with E-state index in [1.165, 1.54) is 0 Å². The highest BCUT2D eigenvalue weighted by molar-refractivity contribution is 14.1. The van der Waals surface area contributed by atoms with Gasteiger partial charge in [-0.25, -0.2) is 0 Å². The summed E-state index contributed by atoms with van der Waals surface area (Å²) in [6.07, 6.45) is 0.305. The molecule has 2 nitrogen and oxygen atoms in total. The number of benzene rings is 1. The van der Waals surface area contributed by atoms with Gasteiger partial charge in [0.1, 0.15) is 0 Å². The number of rotatable bonds is 1. The maximum Gasteiger partial charge on any atom is 0.0995 e. The van der Waals surface area contributed by atoms with Gasteiger partial charge < -0.3 is 0 Å². The summed E-state index contributed by atoms with van der Waals surface area (Å²) in [6, 6.07) is 9.59. The summed E-state index contributed by atoms with van der Waals surface area (Å²) in [5, 5.41) is 17.2. The monoisotopic (exact) mass is 268 g/mol. The van der Waals surface area contributed by atoms with Gasteiger partial charge in [0, 0.05) is 3.57 Å². The molecule has 0 aliphatic heterocycles. The fourth-order valence-corrected chi connectivity index (χ4v) is 1.38. The second kappa shape index (κ2) is 4.08. The van der Waals surface area contributed by atoms with Crippen molar-refractivity contribution in [1.82, 2.24) is 0 Å². The lowest BCUT2D eigenvalue weighted by Gasteiger charge is -1.97. The van der Waals surface area contributed by atoms with Crippen molar-refractivity contribution >= 4 is 22.6 Å². The van der Waals surface area contributed by atoms with Crippen LogP contribution >= 0.6 is 22.6 Å². The molecule has 0 unspecified atom stereocenters. The van der Waals surface area contributed by atoms with E-state index in [1.54, 1.807) is 6.07 Å². The van der Waals surface area contributed by atoms with E-state index in [9.17, 15) is 0 Å². The van der Waals surface area contributed by atoms with Crippen LogP contribution in [0, 0.1) is 26.2 Å². The summed E-state index contributed by atoms with van der Waals surface area (Å²) in [6.45, 7) is 0. The zero-order chi connectivity index (χ0) is 8.97. The number of hydrogen-bond acceptors (Lipinski definition) is 2. The molecule has 0 aromatic heterocycles. The highest BCUT2D eigenvalue weighted by Gasteiger charge is 2.00. The summed E-state index contributed by atoms with van der Waals surface area (Å²) in [4.78, 5) is 0. The van der Waals surface area contributed by atoms with Gasteiger partial charge in [-0.3, -0.25) is 0 Å². The van der Waals surface area contributed by atoms with Crippen LogP contribution in [0.5, 0.6) is 0 Å². The largest absolute Gasteiger partial charge is 0.198 e. The van der Waals surface area contributed by atoms with Crippen LogP contribution in [-0.2, 0) is 6.42 Å². The molecule has 1 rings (SSSR count). The summed E-state index contributed by atoms with van der Waals surface area (Å²) >= 11 is 2.14. The van der Waals surface area contributed by atoms with Crippen molar-refractivity contribution in [2.75, 3.05) is 0 Å². The molecule has 0 saturated heterocycles. The molecule has 0 heterocycles. The van der Waals surface area contributed by atoms with Crippen LogP contribution in [0.4, 0.5) is 0 Å². The van der Waals surface area contributed by atoms with Crippen LogP contribution in [0.25, 0.3) is 0 Å². The molecule has 0 aliphatic carbocycles. The van der Waals surface area contributed by atoms with Gasteiger partial charge in [0.25, 0.3) is 0 Å². The van der Waals surface area contributed by atoms with Crippen molar-refractivity contribution in [2.24, 2.45) is 0 Å². The minimum atomic E-state index is 0.305. The normalized spacial score (nSPS) is 8.58. The van der Waals surface area contributed by atoms with Gasteiger partial charge in [-0.05, 0) is 40.3 Å². The van der Waals surface area contributed by atoms with E-state index in [0.717, 1.165) is 9.13 Å². The predicted molar refractivity (Wildman–Crippen MR) is 53.2 cm³/mol. The minimum Gasteiger partial charge on any atom is -0.198 e. The van der Waals surface area contributed by atoms with Crippen LogP contribution in [0.1, 0.15) is 11.1 Å². The smallest absolute Gasteiger partial charge is 0.0995 e. The van der Waals surface area contributed by atoms with Crippen molar-refractivity contribution in [3.63, 3.8) is 0 Å². The third-order valence-corrected chi connectivity index (χ3v) is 2.13. The SMILES string of the molecule is N#CCc1ccc(I)cc1C#N. The molecule has 58 valence electrons. The molecule has 0 amide bonds. The van der Waals surface area contributed by atoms with Gasteiger partial charge in [0.05, 0.1) is 24.1 Å². The first-order valence-electron chi connectivity index (χ1n) is 3.33. The summed E-state index contributed by atoms with van der Waals surface area (Å²) in [5.74, 6) is 0. The lowest BCUT2D eigenvalue weighted by molar-refractivity contribution is 1.24. The molecule has 0 saturated carbocycles. The van der Waals surface area contributed by atoms with E-state index in [1.807, 2.05) is 18.2 Å². The number of hydrogen-bond donors (Lipinski definition) is 0. The van der Waals surface area contributed by atoms with Crippen molar-refractivity contribution in [1.29, 1.82) is 10.5 Å². The van der Waals surface area contributed by atoms with Gasteiger partial charge in [0.2, 0.25) is 0 Å². The maximum atomic E-state index is 8.71. The Hall–Kier alpha value is -1.07. The Labute approximate surface area is 84.6 Å². The van der Waals surface area contributed by atoms with Gasteiger partial charge in [-0.2, -0.15) is 10.5 Å². The van der Waals surface area contributed by atoms with Crippen LogP contribution in [0.3, 0.4) is 0 Å². The van der Waals surface area contributed by atoms with Gasteiger partial charge in [-0.1, -0.05) is 6.07 Å². The fourth-order valence-electron chi connectivity index (χ4n) is 0.892. The first-order chi connectivity index (χ1) is 5.77. The molecule has 0 radical (unpaired) electrons. The van der Waals surface area contributed by atoms with Crippen LogP contribution in [0.2, 0.25) is 0 Å². The molecule has 0 N–H and O–H groups in total. The van der Waals surface area contributed by atoms with Crippen LogP contribution < -0.4 is 0 Å². The minimum absolute atomic E-state index is 0.305. The Morgan fingerprint density at radius 2 is 2.08 bits per heavy atom. The molecule has 0 fully saturated rings. The van der Waals surface area contributed by atoms with Crippen molar-refractivity contribution < 1.29 is 0 Å². The molecule has 0 bridgehead atoms. The van der Waals surface area contributed by atoms with E-state index in [-0.39, 0.29) is 0 Å². The molecule has 12 heavy (non-hydrogen) atoms. The lowest BCUT2D eigenvalue weighted by Crippen LogP contribution is -1.88. The van der Waals surface area contributed by atoms with Gasteiger partial charge in [0.15, 0.2) is 0 Å². The number of nitriles is 2. The van der Waals surface area contributed by atoms with Crippen LogP contribution in [0.15, 0.2) is 18.2 Å². The van der Waals surface area contributed by atoms with Gasteiger partial charge >= 0.3 is 0 Å². The lowest BCUT2D eigenvalue weighted by atomic mass is 10.1. The first-order valence-corrected chi connectivity index (χ1v) is 4.41. The van der Waals surface area contributed by atoms with Crippen molar-refractivity contribution in [2.45, 2.75) is 6.42 Å². The van der Waals surface area contributed by atoms with E-state index >= 15 is 0 Å². The Bertz CT molecular complexity index is 371. The fraction of sp³-hybridized carbons (Fsp3) is 0.111. The quantitative estimate of drug-likeness (QED) is 0.733. The number of nitrogens with zero attached hydrogens (tertiary/aromatic N) is 2. The highest BCUT2D eigenvalue weighted by atomic mass is 127. The predicted octanol–water partition coefficient (Wildman–Crippen LogP) is 2.23. The van der Waals surface area contributed by atoms with E-state index in [4.69, 9.17) is 10.5 Å². The van der Waals surface area contributed by atoms with E-state index in [2.05, 4.69) is 28.7 Å². The molecule has 0 atom stereocenters. The second-order valence-corrected chi connectivity index (χ2v) is 3.49. The molecule has 3 heteroatoms. The third-order valence-electron chi connectivity index (χ3n) is 1.46. The number of halogens is 1. The van der Waals surface area contributed by atoms with Crippen LogP contribution in [-0.4, -0.2) is 0 Å². The molecule has 0 spiro atoms. The van der Waals surface area contributed by atoms with E-state index < -0.39 is 0 Å². The van der Waals surface area contributed by atoms with E-state index in [0.29, 0.717) is 12.0 Å². The molecule has 1 aromatic rings. The standard InChI is InChI=1S/C9H5IN2/c10-9-2-1-7(3-4-11)8(5-9)6-12/h1-2,5H,3H2. The first kappa shape index (κ1) is 9.02. The Morgan fingerprint density at radius 3 is 2.67 bits per heavy atom. The average Bonchev–Trinajstić information content (AvgIpc) is 2.08.